The van der Waals surface area contributed by atoms with Gasteiger partial charge in [0.05, 0.1) is 5.69 Å². The van der Waals surface area contributed by atoms with Crippen LogP contribution in [0.25, 0.3) is 66.2 Å². The lowest BCUT2D eigenvalue weighted by atomic mass is 9.85. The average Bonchev–Trinajstić information content (AvgIpc) is 3.01. The van der Waals surface area contributed by atoms with Gasteiger partial charge in [-0.05, 0) is 85.6 Å². The topological polar surface area (TPSA) is 25.8 Å². The van der Waals surface area contributed by atoms with Crippen LogP contribution in [0.15, 0.2) is 140 Å². The highest BCUT2D eigenvalue weighted by molar-refractivity contribution is 6.21. The Bertz CT molecular complexity index is 1880. The van der Waals surface area contributed by atoms with Crippen LogP contribution in [0, 0.1) is 6.92 Å². The largest absolute Gasteiger partial charge is 0.264 e. The predicted octanol–water partition coefficient (Wildman–Crippen LogP) is 9.76. The van der Waals surface area contributed by atoms with Gasteiger partial charge in [0.1, 0.15) is 0 Å². The van der Waals surface area contributed by atoms with E-state index in [1.54, 1.807) is 0 Å². The standard InChI is InChI=1S/C37H26N2/c1-25-15-20-35(39-23-25)28-8-6-9-29(22-28)37-33-13-4-2-11-31(33)36(32-12-3-5-14-34(32)37)27-18-16-26(17-19-27)30-10-7-21-38-24-30/h2-24H,1H3. The number of fused-ring (bicyclic) bond motifs is 2. The van der Waals surface area contributed by atoms with Crippen molar-refractivity contribution >= 4 is 21.5 Å². The van der Waals surface area contributed by atoms with Crippen molar-refractivity contribution in [3.8, 4) is 44.6 Å². The Hall–Kier alpha value is -5.08. The normalized spacial score (nSPS) is 11.2. The maximum Gasteiger partial charge on any atom is 0.0702 e. The molecule has 2 nitrogen and oxygen atoms in total. The van der Waals surface area contributed by atoms with Gasteiger partial charge in [-0.15, -0.1) is 0 Å². The predicted molar refractivity (Wildman–Crippen MR) is 164 cm³/mol. The van der Waals surface area contributed by atoms with E-state index >= 15 is 0 Å². The molecule has 7 aromatic rings. The molecule has 2 heterocycles. The first-order valence-electron chi connectivity index (χ1n) is 13.2. The lowest BCUT2D eigenvalue weighted by Gasteiger charge is -2.18. The Balaban J connectivity index is 1.45. The monoisotopic (exact) mass is 498 g/mol. The van der Waals surface area contributed by atoms with E-state index in [1.165, 1.54) is 49.4 Å². The summed E-state index contributed by atoms with van der Waals surface area (Å²) in [6.45, 7) is 2.07. The van der Waals surface area contributed by atoms with Gasteiger partial charge >= 0.3 is 0 Å². The summed E-state index contributed by atoms with van der Waals surface area (Å²) >= 11 is 0. The summed E-state index contributed by atoms with van der Waals surface area (Å²) in [6, 6.07) is 43.5. The first-order chi connectivity index (χ1) is 19.3. The van der Waals surface area contributed by atoms with Gasteiger partial charge in [0.2, 0.25) is 0 Å². The van der Waals surface area contributed by atoms with Crippen LogP contribution >= 0.6 is 0 Å². The third kappa shape index (κ3) is 4.17. The van der Waals surface area contributed by atoms with Crippen molar-refractivity contribution in [1.82, 2.24) is 9.97 Å². The molecule has 0 aliphatic rings. The SMILES string of the molecule is Cc1ccc(-c2cccc(-c3c4ccccc4c(-c4ccc(-c5cccnc5)cc4)c4ccccc34)c2)nc1. The summed E-state index contributed by atoms with van der Waals surface area (Å²) in [6.07, 6.45) is 5.65. The van der Waals surface area contributed by atoms with Crippen LogP contribution in [0.2, 0.25) is 0 Å². The Labute approximate surface area is 228 Å². The van der Waals surface area contributed by atoms with Gasteiger partial charge < -0.3 is 0 Å². The maximum absolute atomic E-state index is 4.69. The number of aromatic nitrogens is 2. The number of benzene rings is 5. The van der Waals surface area contributed by atoms with Crippen molar-refractivity contribution in [1.29, 1.82) is 0 Å². The molecular formula is C37H26N2. The highest BCUT2D eigenvalue weighted by Gasteiger charge is 2.17. The van der Waals surface area contributed by atoms with E-state index in [0.29, 0.717) is 0 Å². The Morgan fingerprint density at radius 1 is 0.436 bits per heavy atom. The molecule has 0 atom stereocenters. The third-order valence-corrected chi connectivity index (χ3v) is 7.46. The molecule has 0 fully saturated rings. The van der Waals surface area contributed by atoms with E-state index < -0.39 is 0 Å². The molecule has 0 unspecified atom stereocenters. The van der Waals surface area contributed by atoms with Gasteiger partial charge in [-0.1, -0.05) is 103 Å². The Morgan fingerprint density at radius 2 is 1.03 bits per heavy atom. The van der Waals surface area contributed by atoms with E-state index in [0.717, 1.165) is 22.4 Å². The van der Waals surface area contributed by atoms with Crippen molar-refractivity contribution < 1.29 is 0 Å². The first kappa shape index (κ1) is 23.1. The summed E-state index contributed by atoms with van der Waals surface area (Å²) in [7, 11) is 0. The molecule has 2 heteroatoms. The van der Waals surface area contributed by atoms with Crippen LogP contribution in [0.1, 0.15) is 5.56 Å². The maximum atomic E-state index is 4.69. The molecule has 5 aromatic carbocycles. The van der Waals surface area contributed by atoms with Gasteiger partial charge in [-0.2, -0.15) is 0 Å². The van der Waals surface area contributed by atoms with Crippen molar-refractivity contribution in [3.05, 3.63) is 145 Å². The van der Waals surface area contributed by atoms with Gasteiger partial charge in [0.25, 0.3) is 0 Å². The summed E-state index contributed by atoms with van der Waals surface area (Å²) in [5.41, 5.74) is 10.5. The van der Waals surface area contributed by atoms with Crippen LogP contribution < -0.4 is 0 Å². The van der Waals surface area contributed by atoms with E-state index in [9.17, 15) is 0 Å². The molecule has 0 amide bonds. The molecule has 0 spiro atoms. The minimum Gasteiger partial charge on any atom is -0.264 e. The molecule has 39 heavy (non-hydrogen) atoms. The van der Waals surface area contributed by atoms with Crippen molar-refractivity contribution in [2.75, 3.05) is 0 Å². The van der Waals surface area contributed by atoms with Gasteiger partial charge in [0.15, 0.2) is 0 Å². The van der Waals surface area contributed by atoms with E-state index in [2.05, 4.69) is 132 Å². The zero-order valence-corrected chi connectivity index (χ0v) is 21.7. The molecule has 184 valence electrons. The zero-order chi connectivity index (χ0) is 26.2. The lowest BCUT2D eigenvalue weighted by molar-refractivity contribution is 1.27. The summed E-state index contributed by atoms with van der Waals surface area (Å²) < 4.78 is 0. The molecule has 0 saturated carbocycles. The second kappa shape index (κ2) is 9.66. The van der Waals surface area contributed by atoms with Crippen LogP contribution in [0.5, 0.6) is 0 Å². The van der Waals surface area contributed by atoms with Gasteiger partial charge in [-0.3, -0.25) is 9.97 Å². The number of aryl methyl sites for hydroxylation is 1. The fourth-order valence-corrected chi connectivity index (χ4v) is 5.59. The first-order valence-corrected chi connectivity index (χ1v) is 13.2. The van der Waals surface area contributed by atoms with E-state index in [4.69, 9.17) is 0 Å². The molecule has 0 aliphatic heterocycles. The van der Waals surface area contributed by atoms with Crippen LogP contribution in [-0.2, 0) is 0 Å². The molecule has 0 aliphatic carbocycles. The molecule has 7 rings (SSSR count). The Morgan fingerprint density at radius 3 is 1.62 bits per heavy atom. The van der Waals surface area contributed by atoms with Crippen molar-refractivity contribution in [2.24, 2.45) is 0 Å². The lowest BCUT2D eigenvalue weighted by Crippen LogP contribution is -1.91. The molecular weight excluding hydrogens is 472 g/mol. The highest BCUT2D eigenvalue weighted by atomic mass is 14.7. The third-order valence-electron chi connectivity index (χ3n) is 7.46. The second-order valence-electron chi connectivity index (χ2n) is 9.96. The number of pyridine rings is 2. The number of hydrogen-bond donors (Lipinski definition) is 0. The Kier molecular flexibility index (Phi) is 5.71. The average molecular weight is 499 g/mol. The van der Waals surface area contributed by atoms with Gasteiger partial charge in [0, 0.05) is 24.2 Å². The number of rotatable bonds is 4. The second-order valence-corrected chi connectivity index (χ2v) is 9.96. The summed E-state index contributed by atoms with van der Waals surface area (Å²) in [4.78, 5) is 8.97. The molecule has 0 saturated heterocycles. The zero-order valence-electron chi connectivity index (χ0n) is 21.7. The quantitative estimate of drug-likeness (QED) is 0.226. The summed E-state index contributed by atoms with van der Waals surface area (Å²) in [5, 5.41) is 4.99. The molecule has 0 radical (unpaired) electrons. The minimum atomic E-state index is 0.987. The minimum absolute atomic E-state index is 0.987. The van der Waals surface area contributed by atoms with E-state index in [-0.39, 0.29) is 0 Å². The summed E-state index contributed by atoms with van der Waals surface area (Å²) in [5.74, 6) is 0. The van der Waals surface area contributed by atoms with Crippen molar-refractivity contribution in [3.63, 3.8) is 0 Å². The van der Waals surface area contributed by atoms with Crippen LogP contribution in [-0.4, -0.2) is 9.97 Å². The fourth-order valence-electron chi connectivity index (χ4n) is 5.59. The van der Waals surface area contributed by atoms with Crippen LogP contribution in [0.3, 0.4) is 0 Å². The smallest absolute Gasteiger partial charge is 0.0702 e. The molecule has 0 bridgehead atoms. The van der Waals surface area contributed by atoms with Gasteiger partial charge in [-0.25, -0.2) is 0 Å². The number of nitrogens with zero attached hydrogens (tertiary/aromatic N) is 2. The number of hydrogen-bond acceptors (Lipinski definition) is 2. The highest BCUT2D eigenvalue weighted by Crippen LogP contribution is 2.44. The van der Waals surface area contributed by atoms with E-state index in [1.807, 2.05) is 24.7 Å². The van der Waals surface area contributed by atoms with Crippen LogP contribution in [0.4, 0.5) is 0 Å². The fraction of sp³-hybridized carbons (Fsp3) is 0.0270. The molecule has 0 N–H and O–H groups in total. The molecule has 2 aromatic heterocycles. The van der Waals surface area contributed by atoms with Crippen molar-refractivity contribution in [2.45, 2.75) is 6.92 Å².